The van der Waals surface area contributed by atoms with E-state index in [0.29, 0.717) is 0 Å². The van der Waals surface area contributed by atoms with Gasteiger partial charge in [-0.1, -0.05) is 168 Å². The van der Waals surface area contributed by atoms with Gasteiger partial charge in [0.05, 0.1) is 17.1 Å². The molecule has 3 aliphatic rings. The molecule has 8 rings (SSSR count). The Bertz CT molecular complexity index is 2380. The van der Waals surface area contributed by atoms with Crippen LogP contribution in [0, 0.1) is 12.3 Å². The minimum atomic E-state index is -0.0684. The molecule has 268 valence electrons. The minimum absolute atomic E-state index is 0.00963. The Labute approximate surface area is 323 Å². The standard InChI is InChI=1S/C51H51BN2/c1-35-30-47-43-28-26-38(50(2,3)4)32-40(53(47)45-24-16-14-22-41(45)36-18-10-8-11-19-36)34-52-44-29-27-39(51(5,6)7)33-49(44)54(48(43)31-35)46-25-17-15-23-42(46)37-20-12-9-13-21-37/h8-14,16,18-34,52H,15,17H2,1-7H3/b28-26-,38-32+,40-34-. The average molecular weight is 703 g/mol. The van der Waals surface area contributed by atoms with Gasteiger partial charge in [0, 0.05) is 33.8 Å². The fraction of sp³-hybridized carbons (Fsp3) is 0.216. The lowest BCUT2D eigenvalue weighted by atomic mass is 9.67. The van der Waals surface area contributed by atoms with Crippen molar-refractivity contribution in [3.8, 4) is 11.1 Å². The monoisotopic (exact) mass is 702 g/mol. The van der Waals surface area contributed by atoms with E-state index in [9.17, 15) is 0 Å². The summed E-state index contributed by atoms with van der Waals surface area (Å²) < 4.78 is 0. The number of hydrogen-bond acceptors (Lipinski definition) is 2. The van der Waals surface area contributed by atoms with Gasteiger partial charge >= 0.3 is 0 Å². The van der Waals surface area contributed by atoms with Crippen molar-refractivity contribution < 1.29 is 0 Å². The van der Waals surface area contributed by atoms with Crippen LogP contribution in [0.1, 0.15) is 76.6 Å². The first kappa shape index (κ1) is 35.5. The van der Waals surface area contributed by atoms with E-state index in [1.807, 2.05) is 0 Å². The lowest BCUT2D eigenvalue weighted by molar-refractivity contribution is 0.517. The molecule has 0 fully saturated rings. The van der Waals surface area contributed by atoms with Gasteiger partial charge in [0.15, 0.2) is 7.28 Å². The first-order chi connectivity index (χ1) is 26.0. The van der Waals surface area contributed by atoms with Crippen LogP contribution in [0.2, 0.25) is 0 Å². The molecule has 5 aromatic carbocycles. The maximum absolute atomic E-state index is 2.61. The Hall–Kier alpha value is -5.54. The van der Waals surface area contributed by atoms with Crippen molar-refractivity contribution in [2.75, 3.05) is 9.80 Å². The predicted octanol–water partition coefficient (Wildman–Crippen LogP) is 12.9. The zero-order chi connectivity index (χ0) is 37.6. The quantitative estimate of drug-likeness (QED) is 0.172. The smallest absolute Gasteiger partial charge is 0.188 e. The van der Waals surface area contributed by atoms with Gasteiger partial charge in [-0.15, -0.1) is 0 Å². The van der Waals surface area contributed by atoms with Gasteiger partial charge in [-0.25, -0.2) is 0 Å². The van der Waals surface area contributed by atoms with Crippen molar-refractivity contribution >= 4 is 47.1 Å². The molecule has 0 saturated carbocycles. The van der Waals surface area contributed by atoms with E-state index < -0.39 is 0 Å². The van der Waals surface area contributed by atoms with Crippen LogP contribution < -0.4 is 15.3 Å². The SMILES string of the molecule is Cc1cc2c3c(c1)N(c1ccccc1-c1ccccc1)C(=C\Bc1ccc(C(C)(C)C)cc1N2C1=CCCC=C1c1ccccc1)/C=C(C(C)(C)C)\C=C/3. The molecule has 2 heterocycles. The summed E-state index contributed by atoms with van der Waals surface area (Å²) in [4.78, 5) is 5.15. The summed E-state index contributed by atoms with van der Waals surface area (Å²) in [5, 5.41) is 0. The van der Waals surface area contributed by atoms with Crippen LogP contribution in [0.4, 0.5) is 22.7 Å². The van der Waals surface area contributed by atoms with Crippen LogP contribution in [-0.4, -0.2) is 7.28 Å². The molecule has 0 N–H and O–H groups in total. The second kappa shape index (κ2) is 14.0. The molecular weight excluding hydrogens is 651 g/mol. The Morgan fingerprint density at radius 2 is 1.22 bits per heavy atom. The van der Waals surface area contributed by atoms with Crippen molar-refractivity contribution in [3.05, 3.63) is 185 Å². The van der Waals surface area contributed by atoms with Gasteiger partial charge in [0.1, 0.15) is 0 Å². The minimum Gasteiger partial charge on any atom is -0.310 e. The molecule has 54 heavy (non-hydrogen) atoms. The van der Waals surface area contributed by atoms with Crippen LogP contribution >= 0.6 is 0 Å². The fourth-order valence-electron chi connectivity index (χ4n) is 8.07. The van der Waals surface area contributed by atoms with Gasteiger partial charge in [-0.2, -0.15) is 0 Å². The highest BCUT2D eigenvalue weighted by Crippen LogP contribution is 2.49. The van der Waals surface area contributed by atoms with E-state index in [0.717, 1.165) is 20.1 Å². The van der Waals surface area contributed by atoms with E-state index in [2.05, 4.69) is 210 Å². The van der Waals surface area contributed by atoms with Crippen LogP contribution in [-0.2, 0) is 5.41 Å². The number of aryl methyl sites for hydroxylation is 1. The third-order valence-electron chi connectivity index (χ3n) is 11.0. The molecule has 0 aromatic heterocycles. The first-order valence-corrected chi connectivity index (χ1v) is 19.6. The highest BCUT2D eigenvalue weighted by atomic mass is 15.2. The third kappa shape index (κ3) is 6.73. The molecular formula is C51H51BN2. The number of hydrogen-bond donors (Lipinski definition) is 0. The molecule has 3 heteroatoms. The Kier molecular flexibility index (Phi) is 9.22. The maximum Gasteiger partial charge on any atom is 0.188 e. The average Bonchev–Trinajstić information content (AvgIpc) is 3.15. The second-order valence-corrected chi connectivity index (χ2v) is 17.0. The number of anilines is 4. The molecule has 2 aliphatic heterocycles. The van der Waals surface area contributed by atoms with Crippen molar-refractivity contribution in [1.29, 1.82) is 0 Å². The van der Waals surface area contributed by atoms with Gasteiger partial charge in [-0.05, 0) is 88.8 Å². The molecule has 5 aromatic rings. The molecule has 0 amide bonds. The molecule has 4 bridgehead atoms. The molecule has 1 aliphatic carbocycles. The third-order valence-corrected chi connectivity index (χ3v) is 11.0. The topological polar surface area (TPSA) is 6.48 Å². The highest BCUT2D eigenvalue weighted by molar-refractivity contribution is 6.61. The van der Waals surface area contributed by atoms with Crippen LogP contribution in [0.5, 0.6) is 0 Å². The van der Waals surface area contributed by atoms with Crippen molar-refractivity contribution in [3.63, 3.8) is 0 Å². The number of nitrogens with zero attached hydrogens (tertiary/aromatic N) is 2. The van der Waals surface area contributed by atoms with E-state index in [1.165, 1.54) is 84.1 Å². The van der Waals surface area contributed by atoms with E-state index in [4.69, 9.17) is 0 Å². The molecule has 0 atom stereocenters. The summed E-state index contributed by atoms with van der Waals surface area (Å²) in [6, 6.07) is 42.8. The van der Waals surface area contributed by atoms with Crippen LogP contribution in [0.25, 0.3) is 22.8 Å². The summed E-state index contributed by atoms with van der Waals surface area (Å²) in [7, 11) is 0.781. The highest BCUT2D eigenvalue weighted by Gasteiger charge is 2.32. The Morgan fingerprint density at radius 3 is 1.93 bits per heavy atom. The van der Waals surface area contributed by atoms with Crippen LogP contribution in [0.15, 0.2) is 163 Å². The first-order valence-electron chi connectivity index (χ1n) is 19.6. The van der Waals surface area contributed by atoms with Gasteiger partial charge in [0.2, 0.25) is 0 Å². The number of allylic oxidation sites excluding steroid dienone is 6. The zero-order valence-electron chi connectivity index (χ0n) is 32.9. The van der Waals surface area contributed by atoms with Crippen LogP contribution in [0.3, 0.4) is 0 Å². The molecule has 0 unspecified atom stereocenters. The number of rotatable bonds is 4. The number of benzene rings is 5. The zero-order valence-corrected chi connectivity index (χ0v) is 32.9. The largest absolute Gasteiger partial charge is 0.310 e. The predicted molar refractivity (Wildman–Crippen MR) is 236 cm³/mol. The van der Waals surface area contributed by atoms with E-state index in [-0.39, 0.29) is 10.8 Å². The number of fused-ring (bicyclic) bond motifs is 2. The summed E-state index contributed by atoms with van der Waals surface area (Å²) in [5.74, 6) is 2.47. The summed E-state index contributed by atoms with van der Waals surface area (Å²) in [6.45, 7) is 16.2. The van der Waals surface area contributed by atoms with E-state index >= 15 is 0 Å². The van der Waals surface area contributed by atoms with Gasteiger partial charge in [-0.3, -0.25) is 0 Å². The van der Waals surface area contributed by atoms with Gasteiger partial charge in [0.25, 0.3) is 0 Å². The Morgan fingerprint density at radius 1 is 0.574 bits per heavy atom. The van der Waals surface area contributed by atoms with Gasteiger partial charge < -0.3 is 9.80 Å². The maximum atomic E-state index is 2.61. The Balaban J connectivity index is 1.50. The molecule has 0 spiro atoms. The summed E-state index contributed by atoms with van der Waals surface area (Å²) >= 11 is 0. The second-order valence-electron chi connectivity index (χ2n) is 17.0. The lowest BCUT2D eigenvalue weighted by Crippen LogP contribution is -2.31. The summed E-state index contributed by atoms with van der Waals surface area (Å²) in [5.41, 5.74) is 18.5. The summed E-state index contributed by atoms with van der Waals surface area (Å²) in [6.07, 6.45) is 14.2. The molecule has 2 nitrogen and oxygen atoms in total. The fourth-order valence-corrected chi connectivity index (χ4v) is 8.07. The van der Waals surface area contributed by atoms with Crippen molar-refractivity contribution in [1.82, 2.24) is 0 Å². The molecule has 0 saturated heterocycles. The molecule has 0 radical (unpaired) electrons. The normalized spacial score (nSPS) is 18.1. The lowest BCUT2D eigenvalue weighted by Gasteiger charge is -2.39. The van der Waals surface area contributed by atoms with E-state index in [1.54, 1.807) is 0 Å². The number of para-hydroxylation sites is 1. The van der Waals surface area contributed by atoms with Crippen molar-refractivity contribution in [2.24, 2.45) is 5.41 Å². The van der Waals surface area contributed by atoms with Crippen molar-refractivity contribution in [2.45, 2.75) is 66.7 Å².